The van der Waals surface area contributed by atoms with Crippen molar-refractivity contribution in [2.45, 2.75) is 0 Å². The molecule has 2 heterocycles. The van der Waals surface area contributed by atoms with Crippen molar-refractivity contribution >= 4 is 70.6 Å². The summed E-state index contributed by atoms with van der Waals surface area (Å²) in [4.78, 5) is 0. The van der Waals surface area contributed by atoms with Crippen LogP contribution in [-0.2, 0) is 0 Å². The van der Waals surface area contributed by atoms with Gasteiger partial charge in [-0.15, -0.1) is 48.0 Å². The third kappa shape index (κ3) is 8.95. The number of halogens is 2. The van der Waals surface area contributed by atoms with Gasteiger partial charge in [0.05, 0.1) is 0 Å². The van der Waals surface area contributed by atoms with Gasteiger partial charge in [0, 0.05) is 0 Å². The number of thiophene rings is 2. The van der Waals surface area contributed by atoms with Gasteiger partial charge in [-0.1, -0.05) is 24.3 Å². The molecule has 4 heteroatoms. The Bertz CT molecular complexity index is 154. The van der Waals surface area contributed by atoms with E-state index in [9.17, 15) is 0 Å². The van der Waals surface area contributed by atoms with Crippen molar-refractivity contribution in [1.29, 1.82) is 0 Å². The molecular formula is C8H10I2S2. The van der Waals surface area contributed by atoms with Gasteiger partial charge in [-0.3, -0.25) is 0 Å². The minimum Gasteiger partial charge on any atom is -0.152 e. The summed E-state index contributed by atoms with van der Waals surface area (Å²) in [5.74, 6) is 0. The van der Waals surface area contributed by atoms with Crippen LogP contribution in [0, 0.1) is 0 Å². The second kappa shape index (κ2) is 11.9. The summed E-state index contributed by atoms with van der Waals surface area (Å²) in [5, 5.41) is 8.17. The Morgan fingerprint density at radius 3 is 0.833 bits per heavy atom. The summed E-state index contributed by atoms with van der Waals surface area (Å²) < 4.78 is 0. The molecule has 0 bridgehead atoms. The van der Waals surface area contributed by atoms with Crippen molar-refractivity contribution in [3.05, 3.63) is 45.8 Å². The first-order valence-electron chi connectivity index (χ1n) is 2.94. The first-order chi connectivity index (χ1) is 5.00. The van der Waals surface area contributed by atoms with Gasteiger partial charge < -0.3 is 0 Å². The maximum absolute atomic E-state index is 2.04. The van der Waals surface area contributed by atoms with Crippen LogP contribution >= 0.6 is 70.6 Å². The Kier molecular flexibility index (Phi) is 15.2. The lowest BCUT2D eigenvalue weighted by molar-refractivity contribution is 2.03. The van der Waals surface area contributed by atoms with Gasteiger partial charge in [-0.25, -0.2) is 0 Å². The third-order valence-corrected chi connectivity index (χ3v) is 2.11. The normalized spacial score (nSPS) is 6.67. The quantitative estimate of drug-likeness (QED) is 0.537. The van der Waals surface area contributed by atoms with Crippen molar-refractivity contribution < 1.29 is 0 Å². The zero-order chi connectivity index (χ0) is 7.07. The van der Waals surface area contributed by atoms with Gasteiger partial charge >= 0.3 is 0 Å². The largest absolute Gasteiger partial charge is 0.152 e. The molecule has 0 aliphatic rings. The lowest BCUT2D eigenvalue weighted by Crippen LogP contribution is -1.16. The fourth-order valence-corrected chi connectivity index (χ4v) is 1.36. The summed E-state index contributed by atoms with van der Waals surface area (Å²) in [6.45, 7) is 0. The van der Waals surface area contributed by atoms with Gasteiger partial charge in [-0.05, 0) is 21.5 Å². The van der Waals surface area contributed by atoms with Crippen LogP contribution in [0.5, 0.6) is 0 Å². The van der Waals surface area contributed by atoms with Crippen LogP contribution in [-0.4, -0.2) is 0 Å². The van der Waals surface area contributed by atoms with E-state index in [0.29, 0.717) is 0 Å². The second-order valence-corrected chi connectivity index (χ2v) is 3.22. The first kappa shape index (κ1) is 15.3. The maximum atomic E-state index is 2.04. The van der Waals surface area contributed by atoms with Gasteiger partial charge in [0.2, 0.25) is 0 Å². The van der Waals surface area contributed by atoms with Crippen LogP contribution in [0.15, 0.2) is 45.8 Å². The molecule has 2 aromatic rings. The Labute approximate surface area is 115 Å². The molecule has 0 aliphatic carbocycles. The fraction of sp³-hybridized carbons (Fsp3) is 0. The van der Waals surface area contributed by atoms with E-state index in [-0.39, 0.29) is 48.0 Å². The number of hydrogen-bond acceptors (Lipinski definition) is 2. The Hall–Kier alpha value is 0.860. The highest BCUT2D eigenvalue weighted by Crippen LogP contribution is 1.92. The van der Waals surface area contributed by atoms with E-state index in [2.05, 4.69) is 0 Å². The Morgan fingerprint density at radius 1 is 0.500 bits per heavy atom. The highest BCUT2D eigenvalue weighted by Gasteiger charge is 1.59. The number of hydrogen-bond donors (Lipinski definition) is 0. The molecule has 0 saturated heterocycles. The summed E-state index contributed by atoms with van der Waals surface area (Å²) in [6.07, 6.45) is 0. The van der Waals surface area contributed by atoms with E-state index in [1.165, 1.54) is 0 Å². The molecule has 0 amide bonds. The number of rotatable bonds is 0. The third-order valence-electron chi connectivity index (χ3n) is 0.851. The molecule has 0 N–H and O–H groups in total. The van der Waals surface area contributed by atoms with Crippen molar-refractivity contribution in [3.8, 4) is 0 Å². The highest BCUT2D eigenvalue weighted by molar-refractivity contribution is 14.0. The van der Waals surface area contributed by atoms with E-state index in [1.807, 2.05) is 45.8 Å². The lowest BCUT2D eigenvalue weighted by Gasteiger charge is -1.39. The van der Waals surface area contributed by atoms with Crippen molar-refractivity contribution in [2.24, 2.45) is 0 Å². The van der Waals surface area contributed by atoms with E-state index in [4.69, 9.17) is 0 Å². The average molecular weight is 424 g/mol. The molecule has 0 atom stereocenters. The fourth-order valence-electron chi connectivity index (χ4n) is 0.454. The Morgan fingerprint density at radius 2 is 0.750 bits per heavy atom. The van der Waals surface area contributed by atoms with Crippen LogP contribution in [0.25, 0.3) is 0 Å². The maximum Gasteiger partial charge on any atom is -0.00934 e. The minimum absolute atomic E-state index is 0. The van der Waals surface area contributed by atoms with Gasteiger partial charge in [0.1, 0.15) is 0 Å². The topological polar surface area (TPSA) is 0 Å². The molecule has 0 spiro atoms. The van der Waals surface area contributed by atoms with E-state index < -0.39 is 0 Å². The predicted molar refractivity (Wildman–Crippen MR) is 79.5 cm³/mol. The lowest BCUT2D eigenvalue weighted by atomic mass is 10.7. The molecule has 68 valence electrons. The van der Waals surface area contributed by atoms with E-state index in [0.717, 1.165) is 0 Å². The predicted octanol–water partition coefficient (Wildman–Crippen LogP) is 4.73. The van der Waals surface area contributed by atoms with Crippen LogP contribution < -0.4 is 0 Å². The summed E-state index contributed by atoms with van der Waals surface area (Å²) in [7, 11) is 0. The molecule has 0 nitrogen and oxygen atoms in total. The molecule has 2 aromatic heterocycles. The van der Waals surface area contributed by atoms with Crippen LogP contribution in [0.3, 0.4) is 0 Å². The standard InChI is InChI=1S/2C4H4S.2HI/c2*1-2-4-5-3-1;;/h2*1-4H;2*1H. The average Bonchev–Trinajstić information content (AvgIpc) is 2.67. The minimum atomic E-state index is 0. The zero-order valence-electron chi connectivity index (χ0n) is 6.25. The van der Waals surface area contributed by atoms with Crippen LogP contribution in [0.4, 0.5) is 0 Å². The van der Waals surface area contributed by atoms with Gasteiger partial charge in [-0.2, -0.15) is 22.7 Å². The summed E-state index contributed by atoms with van der Waals surface area (Å²) in [5.41, 5.74) is 0. The SMILES string of the molecule is I.I.c1ccsc1.c1ccsc1. The molecule has 12 heavy (non-hydrogen) atoms. The van der Waals surface area contributed by atoms with Crippen molar-refractivity contribution in [2.75, 3.05) is 0 Å². The molecule has 0 aromatic carbocycles. The smallest absolute Gasteiger partial charge is 0.00934 e. The molecular weight excluding hydrogens is 414 g/mol. The van der Waals surface area contributed by atoms with Crippen LogP contribution in [0.2, 0.25) is 0 Å². The molecule has 2 rings (SSSR count). The molecule has 0 fully saturated rings. The van der Waals surface area contributed by atoms with E-state index >= 15 is 0 Å². The van der Waals surface area contributed by atoms with Gasteiger partial charge in [0.25, 0.3) is 0 Å². The zero-order valence-corrected chi connectivity index (χ0v) is 12.5. The second-order valence-electron chi connectivity index (χ2n) is 1.59. The summed E-state index contributed by atoms with van der Waals surface area (Å²) in [6, 6.07) is 8.07. The monoisotopic (exact) mass is 424 g/mol. The molecule has 0 saturated carbocycles. The molecule has 0 unspecified atom stereocenters. The van der Waals surface area contributed by atoms with Crippen molar-refractivity contribution in [1.82, 2.24) is 0 Å². The van der Waals surface area contributed by atoms with Crippen molar-refractivity contribution in [3.63, 3.8) is 0 Å². The van der Waals surface area contributed by atoms with E-state index in [1.54, 1.807) is 22.7 Å². The van der Waals surface area contributed by atoms with Gasteiger partial charge in [0.15, 0.2) is 0 Å². The van der Waals surface area contributed by atoms with Crippen LogP contribution in [0.1, 0.15) is 0 Å². The summed E-state index contributed by atoms with van der Waals surface area (Å²) >= 11 is 3.43. The molecule has 0 aliphatic heterocycles. The molecule has 0 radical (unpaired) electrons. The first-order valence-corrected chi connectivity index (χ1v) is 4.83. The Balaban J connectivity index is 0. The highest BCUT2D eigenvalue weighted by atomic mass is 127.